The van der Waals surface area contributed by atoms with Crippen molar-refractivity contribution >= 4 is 23.0 Å². The Morgan fingerprint density at radius 2 is 1.77 bits per heavy atom. The Morgan fingerprint density at radius 3 is 2.55 bits per heavy atom. The molecule has 0 saturated carbocycles. The topological polar surface area (TPSA) is 48.1 Å². The molecule has 5 heteroatoms. The highest BCUT2D eigenvalue weighted by Crippen LogP contribution is 2.21. The van der Waals surface area contributed by atoms with Crippen LogP contribution in [0.15, 0.2) is 54.6 Å². The molecule has 114 valence electrons. The third kappa shape index (κ3) is 3.62. The Labute approximate surface area is 136 Å². The summed E-state index contributed by atoms with van der Waals surface area (Å²) in [5.41, 5.74) is 10.0. The van der Waals surface area contributed by atoms with Crippen LogP contribution in [0.1, 0.15) is 23.6 Å². The van der Waals surface area contributed by atoms with Gasteiger partial charge in [-0.2, -0.15) is 0 Å². The number of thiocarbonyl (C=S) groups is 1. The van der Waals surface area contributed by atoms with Crippen LogP contribution in [0.2, 0.25) is 0 Å². The number of anilines is 1. The lowest BCUT2D eigenvalue weighted by molar-refractivity contribution is 0.524. The molecule has 0 aliphatic carbocycles. The molecule has 22 heavy (non-hydrogen) atoms. The Kier molecular flexibility index (Phi) is 4.68. The van der Waals surface area contributed by atoms with Crippen LogP contribution in [-0.2, 0) is 0 Å². The van der Waals surface area contributed by atoms with Crippen LogP contribution in [-0.4, -0.2) is 11.3 Å². The van der Waals surface area contributed by atoms with Gasteiger partial charge in [0, 0.05) is 18.2 Å². The highest BCUT2D eigenvalue weighted by molar-refractivity contribution is 7.80. The molecule has 1 saturated heterocycles. The fraction of sp³-hybridized carbons (Fsp3) is 0.235. The summed E-state index contributed by atoms with van der Waals surface area (Å²) in [5.74, 6) is 0. The van der Waals surface area contributed by atoms with Crippen LogP contribution in [0, 0.1) is 6.92 Å². The molecule has 1 fully saturated rings. The number of hydrazine groups is 1. The summed E-state index contributed by atoms with van der Waals surface area (Å²) in [6.45, 7) is 2.06. The lowest BCUT2D eigenvalue weighted by atomic mass is 10.0. The predicted octanol–water partition coefficient (Wildman–Crippen LogP) is 2.85. The van der Waals surface area contributed by atoms with Crippen molar-refractivity contribution in [3.05, 3.63) is 65.7 Å². The largest absolute Gasteiger partial charge is 0.346 e. The SMILES string of the molecule is Cc1ccccc1NC(=S)NC1CC(c2ccccc2)NN1. The minimum absolute atomic E-state index is 0.106. The summed E-state index contributed by atoms with van der Waals surface area (Å²) in [6.07, 6.45) is 1.04. The highest BCUT2D eigenvalue weighted by Gasteiger charge is 2.25. The first kappa shape index (κ1) is 15.0. The van der Waals surface area contributed by atoms with Gasteiger partial charge in [0.15, 0.2) is 5.11 Å². The van der Waals surface area contributed by atoms with Crippen LogP contribution in [0.25, 0.3) is 0 Å². The number of para-hydroxylation sites is 1. The second-order valence-corrected chi connectivity index (χ2v) is 5.86. The number of nitrogens with one attached hydrogen (secondary N) is 4. The monoisotopic (exact) mass is 312 g/mol. The summed E-state index contributed by atoms with van der Waals surface area (Å²) < 4.78 is 0. The van der Waals surface area contributed by atoms with Crippen molar-refractivity contribution in [3.63, 3.8) is 0 Å². The Balaban J connectivity index is 1.54. The van der Waals surface area contributed by atoms with E-state index in [1.54, 1.807) is 0 Å². The molecule has 2 atom stereocenters. The summed E-state index contributed by atoms with van der Waals surface area (Å²) >= 11 is 5.40. The van der Waals surface area contributed by atoms with E-state index in [1.807, 2.05) is 24.3 Å². The maximum atomic E-state index is 5.40. The molecule has 3 rings (SSSR count). The zero-order valence-electron chi connectivity index (χ0n) is 12.5. The minimum Gasteiger partial charge on any atom is -0.346 e. The maximum Gasteiger partial charge on any atom is 0.172 e. The van der Waals surface area contributed by atoms with Gasteiger partial charge in [-0.1, -0.05) is 48.5 Å². The van der Waals surface area contributed by atoms with E-state index in [9.17, 15) is 0 Å². The number of aryl methyl sites for hydroxylation is 1. The van der Waals surface area contributed by atoms with Crippen molar-refractivity contribution in [2.75, 3.05) is 5.32 Å². The first-order valence-corrected chi connectivity index (χ1v) is 7.82. The van der Waals surface area contributed by atoms with E-state index in [0.717, 1.165) is 12.1 Å². The van der Waals surface area contributed by atoms with Crippen molar-refractivity contribution in [3.8, 4) is 0 Å². The predicted molar refractivity (Wildman–Crippen MR) is 94.4 cm³/mol. The summed E-state index contributed by atoms with van der Waals surface area (Å²) in [6, 6.07) is 18.8. The zero-order chi connectivity index (χ0) is 15.4. The Bertz CT molecular complexity index is 644. The first-order chi connectivity index (χ1) is 10.7. The fourth-order valence-corrected chi connectivity index (χ4v) is 2.84. The minimum atomic E-state index is 0.106. The lowest BCUT2D eigenvalue weighted by Crippen LogP contribution is -2.45. The van der Waals surface area contributed by atoms with E-state index < -0.39 is 0 Å². The number of benzene rings is 2. The first-order valence-electron chi connectivity index (χ1n) is 7.41. The van der Waals surface area contributed by atoms with Crippen molar-refractivity contribution in [1.29, 1.82) is 0 Å². The fourth-order valence-electron chi connectivity index (χ4n) is 2.58. The van der Waals surface area contributed by atoms with E-state index >= 15 is 0 Å². The molecule has 1 aliphatic heterocycles. The van der Waals surface area contributed by atoms with Crippen LogP contribution < -0.4 is 21.5 Å². The quantitative estimate of drug-likeness (QED) is 0.657. The van der Waals surface area contributed by atoms with E-state index in [2.05, 4.69) is 58.7 Å². The van der Waals surface area contributed by atoms with Gasteiger partial charge in [-0.05, 0) is 36.3 Å². The molecule has 2 aromatic rings. The van der Waals surface area contributed by atoms with Crippen molar-refractivity contribution in [2.24, 2.45) is 0 Å². The second-order valence-electron chi connectivity index (χ2n) is 5.45. The summed E-state index contributed by atoms with van der Waals surface area (Å²) in [5, 5.41) is 7.17. The normalized spacial score (nSPS) is 20.6. The molecule has 4 nitrogen and oxygen atoms in total. The third-order valence-electron chi connectivity index (χ3n) is 3.80. The molecule has 2 unspecified atom stereocenters. The molecule has 0 spiro atoms. The molecule has 0 bridgehead atoms. The van der Waals surface area contributed by atoms with Crippen molar-refractivity contribution in [2.45, 2.75) is 25.6 Å². The zero-order valence-corrected chi connectivity index (χ0v) is 13.3. The molecule has 0 radical (unpaired) electrons. The average molecular weight is 312 g/mol. The van der Waals surface area contributed by atoms with Gasteiger partial charge in [0.2, 0.25) is 0 Å². The number of rotatable bonds is 3. The molecule has 4 N–H and O–H groups in total. The Morgan fingerprint density at radius 1 is 1.05 bits per heavy atom. The summed E-state index contributed by atoms with van der Waals surface area (Å²) in [4.78, 5) is 0. The molecule has 1 heterocycles. The molecule has 1 aliphatic rings. The van der Waals surface area contributed by atoms with Gasteiger partial charge in [-0.15, -0.1) is 0 Å². The van der Waals surface area contributed by atoms with Gasteiger partial charge in [-0.3, -0.25) is 0 Å². The van der Waals surface area contributed by atoms with Gasteiger partial charge in [0.25, 0.3) is 0 Å². The van der Waals surface area contributed by atoms with E-state index in [4.69, 9.17) is 12.2 Å². The lowest BCUT2D eigenvalue weighted by Gasteiger charge is -2.16. The third-order valence-corrected chi connectivity index (χ3v) is 4.02. The van der Waals surface area contributed by atoms with Gasteiger partial charge in [-0.25, -0.2) is 10.9 Å². The van der Waals surface area contributed by atoms with Crippen molar-refractivity contribution < 1.29 is 0 Å². The molecule has 2 aromatic carbocycles. The van der Waals surface area contributed by atoms with Crippen LogP contribution in [0.4, 0.5) is 5.69 Å². The molecule has 0 aromatic heterocycles. The second kappa shape index (κ2) is 6.87. The highest BCUT2D eigenvalue weighted by atomic mass is 32.1. The molecule has 0 amide bonds. The smallest absolute Gasteiger partial charge is 0.172 e. The van der Waals surface area contributed by atoms with Gasteiger partial charge < -0.3 is 10.6 Å². The van der Waals surface area contributed by atoms with Crippen LogP contribution >= 0.6 is 12.2 Å². The van der Waals surface area contributed by atoms with Gasteiger partial charge in [0.1, 0.15) is 0 Å². The van der Waals surface area contributed by atoms with Gasteiger partial charge >= 0.3 is 0 Å². The van der Waals surface area contributed by atoms with E-state index in [-0.39, 0.29) is 6.17 Å². The van der Waals surface area contributed by atoms with Crippen LogP contribution in [0.3, 0.4) is 0 Å². The van der Waals surface area contributed by atoms with E-state index in [0.29, 0.717) is 11.2 Å². The maximum absolute atomic E-state index is 5.40. The van der Waals surface area contributed by atoms with Gasteiger partial charge in [0.05, 0.1) is 6.17 Å². The number of hydrogen-bond acceptors (Lipinski definition) is 3. The number of hydrogen-bond donors (Lipinski definition) is 4. The van der Waals surface area contributed by atoms with Crippen molar-refractivity contribution in [1.82, 2.24) is 16.2 Å². The average Bonchev–Trinajstić information content (AvgIpc) is 2.99. The Hall–Kier alpha value is -1.95. The summed E-state index contributed by atoms with van der Waals surface area (Å²) in [7, 11) is 0. The van der Waals surface area contributed by atoms with E-state index in [1.165, 1.54) is 11.1 Å². The standard InChI is InChI=1S/C17H20N4S/c1-12-7-5-6-10-14(12)18-17(22)19-16-11-15(20-21-16)13-8-3-2-4-9-13/h2-10,15-16,20-21H,11H2,1H3,(H2,18,19,22). The molecular weight excluding hydrogens is 292 g/mol. The molecular formula is C17H20N4S. The van der Waals surface area contributed by atoms with Crippen LogP contribution in [0.5, 0.6) is 0 Å².